The van der Waals surface area contributed by atoms with Crippen molar-refractivity contribution in [2.45, 2.75) is 19.4 Å². The second kappa shape index (κ2) is 3.25. The molecule has 9 heavy (non-hydrogen) atoms. The molecule has 0 aromatic heterocycles. The third-order valence-electron chi connectivity index (χ3n) is 0.928. The van der Waals surface area contributed by atoms with Crippen LogP contribution in [0.25, 0.3) is 0 Å². The van der Waals surface area contributed by atoms with Crippen molar-refractivity contribution in [1.82, 2.24) is 0 Å². The van der Waals surface area contributed by atoms with Gasteiger partial charge in [0, 0.05) is 6.42 Å². The summed E-state index contributed by atoms with van der Waals surface area (Å²) in [6.45, 7) is 5.31. The summed E-state index contributed by atoms with van der Waals surface area (Å²) < 4.78 is 0. The molecule has 3 heteroatoms. The molecule has 0 fully saturated rings. The number of hydrogen-bond acceptors (Lipinski definition) is 2. The summed E-state index contributed by atoms with van der Waals surface area (Å²) in [5.41, 5.74) is 4.17. The molecule has 0 aliphatic heterocycles. The Morgan fingerprint density at radius 3 is 2.44 bits per heavy atom. The SMILES string of the molecule is C=C(C)C[C@H]([NH3+])C(=O)[O-]. The summed E-state index contributed by atoms with van der Waals surface area (Å²) in [7, 11) is 0. The predicted octanol–water partition coefficient (Wildman–Crippen LogP) is -1.69. The lowest BCUT2D eigenvalue weighted by molar-refractivity contribution is -0.436. The molecule has 52 valence electrons. The number of quaternary nitrogens is 1. The van der Waals surface area contributed by atoms with Gasteiger partial charge in [-0.3, -0.25) is 0 Å². The van der Waals surface area contributed by atoms with Gasteiger partial charge in [-0.05, 0) is 6.92 Å². The summed E-state index contributed by atoms with van der Waals surface area (Å²) in [4.78, 5) is 10.0. The van der Waals surface area contributed by atoms with E-state index in [1.807, 2.05) is 0 Å². The van der Waals surface area contributed by atoms with Gasteiger partial charge in [0.15, 0.2) is 0 Å². The van der Waals surface area contributed by atoms with E-state index < -0.39 is 12.0 Å². The first-order valence-electron chi connectivity index (χ1n) is 2.72. The molecule has 3 nitrogen and oxygen atoms in total. The molecular weight excluding hydrogens is 118 g/mol. The average molecular weight is 129 g/mol. The summed E-state index contributed by atoms with van der Waals surface area (Å²) in [6.07, 6.45) is 0.405. The highest BCUT2D eigenvalue weighted by Crippen LogP contribution is 1.95. The normalized spacial score (nSPS) is 12.7. The lowest BCUT2D eigenvalue weighted by Crippen LogP contribution is -2.68. The Morgan fingerprint density at radius 1 is 1.89 bits per heavy atom. The van der Waals surface area contributed by atoms with Crippen LogP contribution in [0, 0.1) is 0 Å². The zero-order valence-electron chi connectivity index (χ0n) is 5.52. The first-order chi connectivity index (χ1) is 4.04. The van der Waals surface area contributed by atoms with Gasteiger partial charge < -0.3 is 15.6 Å². The molecule has 3 N–H and O–H groups in total. The fourth-order valence-corrected chi connectivity index (χ4v) is 0.504. The van der Waals surface area contributed by atoms with E-state index in [9.17, 15) is 9.90 Å². The summed E-state index contributed by atoms with van der Waals surface area (Å²) in [5.74, 6) is -1.11. The van der Waals surface area contributed by atoms with Crippen LogP contribution in [0.2, 0.25) is 0 Å². The standard InChI is InChI=1S/C6H11NO2/c1-4(2)3-5(7)6(8)9/h5H,1,3,7H2,2H3,(H,8,9)/t5-/m0/s1. The van der Waals surface area contributed by atoms with Crippen molar-refractivity contribution >= 4 is 5.97 Å². The molecule has 1 atom stereocenters. The third-order valence-corrected chi connectivity index (χ3v) is 0.928. The van der Waals surface area contributed by atoms with Gasteiger partial charge in [-0.1, -0.05) is 12.2 Å². The van der Waals surface area contributed by atoms with Crippen LogP contribution in [0.5, 0.6) is 0 Å². The van der Waals surface area contributed by atoms with Crippen LogP contribution in [0.15, 0.2) is 12.2 Å². The average Bonchev–Trinajstić information content (AvgIpc) is 1.63. The summed E-state index contributed by atoms with van der Waals surface area (Å²) in [5, 5.41) is 10.0. The van der Waals surface area contributed by atoms with Gasteiger partial charge in [0.2, 0.25) is 0 Å². The number of carbonyl (C=O) groups excluding carboxylic acids is 1. The van der Waals surface area contributed by atoms with Crippen LogP contribution in [0.3, 0.4) is 0 Å². The van der Waals surface area contributed by atoms with Crippen molar-refractivity contribution < 1.29 is 15.6 Å². The topological polar surface area (TPSA) is 67.8 Å². The highest BCUT2D eigenvalue weighted by molar-refractivity contribution is 5.69. The molecule has 0 unspecified atom stereocenters. The second-order valence-corrected chi connectivity index (χ2v) is 2.18. The maximum atomic E-state index is 10.0. The van der Waals surface area contributed by atoms with Crippen molar-refractivity contribution in [3.05, 3.63) is 12.2 Å². The molecule has 0 bridgehead atoms. The van der Waals surface area contributed by atoms with Gasteiger partial charge in [0.1, 0.15) is 6.04 Å². The van der Waals surface area contributed by atoms with Crippen molar-refractivity contribution in [3.63, 3.8) is 0 Å². The minimum Gasteiger partial charge on any atom is -0.544 e. The molecular formula is C6H11NO2. The molecule has 0 saturated carbocycles. The van der Waals surface area contributed by atoms with E-state index in [4.69, 9.17) is 0 Å². The first kappa shape index (κ1) is 8.17. The Morgan fingerprint density at radius 2 is 2.33 bits per heavy atom. The van der Waals surface area contributed by atoms with E-state index in [1.54, 1.807) is 6.92 Å². The first-order valence-corrected chi connectivity index (χ1v) is 2.72. The molecule has 0 aliphatic carbocycles. The van der Waals surface area contributed by atoms with E-state index >= 15 is 0 Å². The van der Waals surface area contributed by atoms with Crippen LogP contribution in [-0.4, -0.2) is 12.0 Å². The van der Waals surface area contributed by atoms with Gasteiger partial charge in [-0.2, -0.15) is 0 Å². The zero-order chi connectivity index (χ0) is 7.44. The minimum atomic E-state index is -1.11. The van der Waals surface area contributed by atoms with E-state index in [0.717, 1.165) is 5.57 Å². The monoisotopic (exact) mass is 129 g/mol. The number of hydrogen-bond donors (Lipinski definition) is 1. The van der Waals surface area contributed by atoms with Crippen molar-refractivity contribution in [3.8, 4) is 0 Å². The van der Waals surface area contributed by atoms with Gasteiger partial charge in [-0.15, -0.1) is 0 Å². The van der Waals surface area contributed by atoms with Crippen LogP contribution in [0.4, 0.5) is 0 Å². The molecule has 0 radical (unpaired) electrons. The van der Waals surface area contributed by atoms with Gasteiger partial charge in [0.05, 0.1) is 5.97 Å². The third kappa shape index (κ3) is 3.73. The van der Waals surface area contributed by atoms with Crippen LogP contribution < -0.4 is 10.8 Å². The fraction of sp³-hybridized carbons (Fsp3) is 0.500. The van der Waals surface area contributed by atoms with E-state index in [0.29, 0.717) is 6.42 Å². The Hall–Kier alpha value is -0.830. The van der Waals surface area contributed by atoms with Crippen LogP contribution in [0.1, 0.15) is 13.3 Å². The van der Waals surface area contributed by atoms with Crippen LogP contribution >= 0.6 is 0 Å². The molecule has 0 rings (SSSR count). The number of carboxylic acids is 1. The summed E-state index contributed by atoms with van der Waals surface area (Å²) in [6, 6.07) is -0.650. The Labute approximate surface area is 54.2 Å². The van der Waals surface area contributed by atoms with Gasteiger partial charge >= 0.3 is 0 Å². The fourth-order valence-electron chi connectivity index (χ4n) is 0.504. The molecule has 0 aliphatic rings. The number of rotatable bonds is 3. The molecule has 0 saturated heterocycles. The zero-order valence-corrected chi connectivity index (χ0v) is 5.52. The van der Waals surface area contributed by atoms with E-state index in [1.165, 1.54) is 0 Å². The smallest absolute Gasteiger partial charge is 0.128 e. The van der Waals surface area contributed by atoms with E-state index in [2.05, 4.69) is 12.3 Å². The minimum absolute atomic E-state index is 0.405. The number of carbonyl (C=O) groups is 1. The lowest BCUT2D eigenvalue weighted by Gasteiger charge is -2.07. The highest BCUT2D eigenvalue weighted by Gasteiger charge is 2.05. The van der Waals surface area contributed by atoms with Crippen molar-refractivity contribution in [2.75, 3.05) is 0 Å². The number of carboxylic acid groups (broad SMARTS) is 1. The molecule has 0 aromatic rings. The maximum Gasteiger partial charge on any atom is 0.128 e. The Bertz CT molecular complexity index is 131. The molecule has 0 spiro atoms. The summed E-state index contributed by atoms with van der Waals surface area (Å²) >= 11 is 0. The Kier molecular flexibility index (Phi) is 2.95. The lowest BCUT2D eigenvalue weighted by atomic mass is 10.1. The van der Waals surface area contributed by atoms with Crippen LogP contribution in [-0.2, 0) is 4.79 Å². The largest absolute Gasteiger partial charge is 0.544 e. The van der Waals surface area contributed by atoms with Gasteiger partial charge in [-0.25, -0.2) is 0 Å². The maximum absolute atomic E-state index is 10.0. The second-order valence-electron chi connectivity index (χ2n) is 2.18. The van der Waals surface area contributed by atoms with Gasteiger partial charge in [0.25, 0.3) is 0 Å². The van der Waals surface area contributed by atoms with E-state index in [-0.39, 0.29) is 0 Å². The molecule has 0 amide bonds. The quantitative estimate of drug-likeness (QED) is 0.462. The highest BCUT2D eigenvalue weighted by atomic mass is 16.4. The Balaban J connectivity index is 3.63. The predicted molar refractivity (Wildman–Crippen MR) is 31.1 cm³/mol. The van der Waals surface area contributed by atoms with Crippen molar-refractivity contribution in [2.24, 2.45) is 0 Å². The number of aliphatic carboxylic acids is 1. The molecule has 0 heterocycles. The molecule has 0 aromatic carbocycles. The van der Waals surface area contributed by atoms with Crippen molar-refractivity contribution in [1.29, 1.82) is 0 Å².